The van der Waals surface area contributed by atoms with Crippen LogP contribution in [-0.4, -0.2) is 48.6 Å². The van der Waals surface area contributed by atoms with E-state index in [1.54, 1.807) is 11.8 Å². The number of amidine groups is 1. The molecule has 0 amide bonds. The summed E-state index contributed by atoms with van der Waals surface area (Å²) >= 11 is 1.78. The highest BCUT2D eigenvalue weighted by atomic mass is 32.2. The zero-order valence-corrected chi connectivity index (χ0v) is 8.33. The average molecular weight is 161 g/mol. The molecule has 0 atom stereocenters. The molecule has 0 aliphatic carbocycles. The standard InChI is InChI=1S/C7H17N2S/c1-6-9(4)7(10-5)8(2)3/h6H2,1-5H3/q+1. The first-order valence-corrected chi connectivity index (χ1v) is 4.65. The number of thioether (sulfide) groups is 1. The first-order chi connectivity index (χ1) is 4.63. The summed E-state index contributed by atoms with van der Waals surface area (Å²) in [5, 5.41) is 1.31. The fraction of sp³-hybridized carbons (Fsp3) is 0.857. The van der Waals surface area contributed by atoms with E-state index in [0.717, 1.165) is 6.54 Å². The van der Waals surface area contributed by atoms with Crippen molar-refractivity contribution in [3.8, 4) is 0 Å². The lowest BCUT2D eigenvalue weighted by Gasteiger charge is -2.11. The molecular formula is C7H17N2S+. The zero-order valence-electron chi connectivity index (χ0n) is 7.51. The summed E-state index contributed by atoms with van der Waals surface area (Å²) in [5.41, 5.74) is 0. The van der Waals surface area contributed by atoms with Gasteiger partial charge in [-0.2, -0.15) is 0 Å². The summed E-state index contributed by atoms with van der Waals surface area (Å²) in [4.78, 5) is 2.23. The average Bonchev–Trinajstić information content (AvgIpc) is 1.88. The van der Waals surface area contributed by atoms with Gasteiger partial charge in [-0.3, -0.25) is 9.48 Å². The van der Waals surface area contributed by atoms with Crippen molar-refractivity contribution in [2.75, 3.05) is 33.9 Å². The van der Waals surface area contributed by atoms with Gasteiger partial charge in [0.25, 0.3) is 0 Å². The molecule has 0 fully saturated rings. The van der Waals surface area contributed by atoms with Gasteiger partial charge in [-0.15, -0.1) is 0 Å². The lowest BCUT2D eigenvalue weighted by Crippen LogP contribution is -2.29. The van der Waals surface area contributed by atoms with Crippen molar-refractivity contribution < 1.29 is 4.58 Å². The predicted molar refractivity (Wildman–Crippen MR) is 48.9 cm³/mol. The number of hydrogen-bond acceptors (Lipinski definition) is 1. The largest absolute Gasteiger partial charge is 0.307 e. The monoisotopic (exact) mass is 161 g/mol. The Balaban J connectivity index is 4.21. The minimum Gasteiger partial charge on any atom is -0.262 e. The second kappa shape index (κ2) is 4.61. The highest BCUT2D eigenvalue weighted by molar-refractivity contribution is 8.12. The Bertz CT molecular complexity index is 128. The molecule has 0 radical (unpaired) electrons. The van der Waals surface area contributed by atoms with Gasteiger partial charge in [-0.25, -0.2) is 0 Å². The molecule has 0 saturated carbocycles. The van der Waals surface area contributed by atoms with Crippen molar-refractivity contribution in [1.29, 1.82) is 0 Å². The second-order valence-electron chi connectivity index (χ2n) is 2.40. The van der Waals surface area contributed by atoms with Gasteiger partial charge in [0.2, 0.25) is 0 Å². The van der Waals surface area contributed by atoms with E-state index in [2.05, 4.69) is 43.8 Å². The van der Waals surface area contributed by atoms with Gasteiger partial charge in [-0.05, 0) is 24.9 Å². The molecule has 0 bridgehead atoms. The molecular weight excluding hydrogens is 144 g/mol. The van der Waals surface area contributed by atoms with E-state index in [-0.39, 0.29) is 0 Å². The van der Waals surface area contributed by atoms with E-state index in [0.29, 0.717) is 0 Å². The van der Waals surface area contributed by atoms with Gasteiger partial charge < -0.3 is 0 Å². The number of nitrogens with zero attached hydrogens (tertiary/aromatic N) is 2. The van der Waals surface area contributed by atoms with Crippen molar-refractivity contribution in [2.45, 2.75) is 6.92 Å². The molecule has 0 aliphatic rings. The summed E-state index contributed by atoms with van der Waals surface area (Å²) in [6.45, 7) is 3.22. The van der Waals surface area contributed by atoms with Crippen LogP contribution in [0.1, 0.15) is 6.92 Å². The first kappa shape index (κ1) is 9.82. The Morgan fingerprint density at radius 2 is 2.00 bits per heavy atom. The van der Waals surface area contributed by atoms with Gasteiger partial charge >= 0.3 is 5.17 Å². The summed E-state index contributed by atoms with van der Waals surface area (Å²) in [7, 11) is 6.24. The van der Waals surface area contributed by atoms with Crippen LogP contribution in [0.5, 0.6) is 0 Å². The van der Waals surface area contributed by atoms with Crippen LogP contribution in [0, 0.1) is 0 Å². The summed E-state index contributed by atoms with van der Waals surface area (Å²) in [6, 6.07) is 0. The highest BCUT2D eigenvalue weighted by Crippen LogP contribution is 2.00. The van der Waals surface area contributed by atoms with Gasteiger partial charge in [0.1, 0.15) is 0 Å². The summed E-state index contributed by atoms with van der Waals surface area (Å²) in [5.74, 6) is 0. The van der Waals surface area contributed by atoms with Gasteiger partial charge in [-0.1, -0.05) is 0 Å². The van der Waals surface area contributed by atoms with Crippen LogP contribution in [0.4, 0.5) is 0 Å². The molecule has 0 aromatic carbocycles. The van der Waals surface area contributed by atoms with E-state index in [9.17, 15) is 0 Å². The maximum Gasteiger partial charge on any atom is 0.307 e. The fourth-order valence-electron chi connectivity index (χ4n) is 0.815. The molecule has 0 heterocycles. The van der Waals surface area contributed by atoms with Gasteiger partial charge in [0.05, 0.1) is 27.7 Å². The molecule has 0 unspecified atom stereocenters. The third kappa shape index (κ3) is 2.60. The molecule has 0 N–H and O–H groups in total. The topological polar surface area (TPSA) is 6.25 Å². The van der Waals surface area contributed by atoms with Gasteiger partial charge in [0.15, 0.2) is 0 Å². The van der Waals surface area contributed by atoms with Crippen LogP contribution in [0.2, 0.25) is 0 Å². The van der Waals surface area contributed by atoms with E-state index in [1.807, 2.05) is 0 Å². The lowest BCUT2D eigenvalue weighted by atomic mass is 10.7. The molecule has 0 aromatic rings. The van der Waals surface area contributed by atoms with Crippen LogP contribution in [0.3, 0.4) is 0 Å². The SMILES string of the molecule is CCN(C)C(SC)=[N+](C)C. The van der Waals surface area contributed by atoms with E-state index in [4.69, 9.17) is 0 Å². The molecule has 60 valence electrons. The molecule has 0 aliphatic heterocycles. The molecule has 2 nitrogen and oxygen atoms in total. The third-order valence-electron chi connectivity index (χ3n) is 1.37. The molecule has 10 heavy (non-hydrogen) atoms. The zero-order chi connectivity index (χ0) is 8.15. The Kier molecular flexibility index (Phi) is 4.52. The normalized spacial score (nSPS) is 9.30. The maximum absolute atomic E-state index is 2.23. The highest BCUT2D eigenvalue weighted by Gasteiger charge is 2.10. The van der Waals surface area contributed by atoms with Crippen molar-refractivity contribution in [1.82, 2.24) is 4.90 Å². The van der Waals surface area contributed by atoms with E-state index < -0.39 is 0 Å². The number of hydrogen-bond donors (Lipinski definition) is 0. The van der Waals surface area contributed by atoms with Crippen LogP contribution < -0.4 is 0 Å². The number of rotatable bonds is 1. The summed E-state index contributed by atoms with van der Waals surface area (Å²) in [6.07, 6.45) is 2.10. The van der Waals surface area contributed by atoms with E-state index >= 15 is 0 Å². The van der Waals surface area contributed by atoms with Crippen molar-refractivity contribution in [3.63, 3.8) is 0 Å². The van der Waals surface area contributed by atoms with Crippen LogP contribution in [-0.2, 0) is 0 Å². The maximum atomic E-state index is 2.23. The fourth-order valence-corrected chi connectivity index (χ4v) is 1.62. The molecule has 3 heteroatoms. The second-order valence-corrected chi connectivity index (χ2v) is 3.17. The minimum absolute atomic E-state index is 1.06. The lowest BCUT2D eigenvalue weighted by molar-refractivity contribution is -0.466. The van der Waals surface area contributed by atoms with Crippen molar-refractivity contribution in [2.24, 2.45) is 0 Å². The van der Waals surface area contributed by atoms with Crippen LogP contribution in [0.25, 0.3) is 0 Å². The first-order valence-electron chi connectivity index (χ1n) is 3.42. The predicted octanol–water partition coefficient (Wildman–Crippen LogP) is 0.929. The third-order valence-corrected chi connectivity index (χ3v) is 2.41. The Hall–Kier alpha value is -0.180. The Morgan fingerprint density at radius 1 is 1.50 bits per heavy atom. The Morgan fingerprint density at radius 3 is 2.10 bits per heavy atom. The summed E-state index contributed by atoms with van der Waals surface area (Å²) < 4.78 is 2.13. The Labute approximate surface area is 67.9 Å². The minimum atomic E-state index is 1.06. The van der Waals surface area contributed by atoms with Crippen molar-refractivity contribution in [3.05, 3.63) is 0 Å². The quantitative estimate of drug-likeness (QED) is 0.321. The molecule has 0 aromatic heterocycles. The molecule has 0 rings (SSSR count). The van der Waals surface area contributed by atoms with Crippen molar-refractivity contribution >= 4 is 16.9 Å². The van der Waals surface area contributed by atoms with Crippen LogP contribution in [0.15, 0.2) is 0 Å². The van der Waals surface area contributed by atoms with Gasteiger partial charge in [0, 0.05) is 0 Å². The smallest absolute Gasteiger partial charge is 0.262 e. The molecule has 0 spiro atoms. The molecule has 0 saturated heterocycles. The van der Waals surface area contributed by atoms with Crippen LogP contribution >= 0.6 is 11.8 Å². The van der Waals surface area contributed by atoms with E-state index in [1.165, 1.54) is 5.17 Å².